The molecule has 0 radical (unpaired) electrons. The van der Waals surface area contributed by atoms with Gasteiger partial charge in [0.2, 0.25) is 0 Å². The summed E-state index contributed by atoms with van der Waals surface area (Å²) in [7, 11) is 0. The number of carbonyl (C=O) groups excluding carboxylic acids is 1. The normalized spacial score (nSPS) is 9.47. The van der Waals surface area contributed by atoms with Gasteiger partial charge in [-0.15, -0.1) is 0 Å². The van der Waals surface area contributed by atoms with Gasteiger partial charge in [-0.25, -0.2) is 10.1 Å². The first-order valence-electron chi connectivity index (χ1n) is 4.69. The Balaban J connectivity index is 2.65. The third-order valence-electron chi connectivity index (χ3n) is 2.00. The minimum atomic E-state index is -0.519. The van der Waals surface area contributed by atoms with Crippen LogP contribution >= 0.6 is 0 Å². The lowest BCUT2D eigenvalue weighted by Gasteiger charge is -2.07. The fraction of sp³-hybridized carbons (Fsp3) is 0.273. The molecule has 0 bridgehead atoms. The van der Waals surface area contributed by atoms with Crippen molar-refractivity contribution in [2.45, 2.75) is 19.8 Å². The molecule has 78 valence electrons. The van der Waals surface area contributed by atoms with Gasteiger partial charge in [0.1, 0.15) is 0 Å². The van der Waals surface area contributed by atoms with Crippen molar-refractivity contribution in [3.63, 3.8) is 0 Å². The molecule has 0 spiro atoms. The highest BCUT2D eigenvalue weighted by atomic mass is 16.2. The van der Waals surface area contributed by atoms with Crippen molar-refractivity contribution in [2.75, 3.05) is 5.32 Å². The molecule has 4 nitrogen and oxygen atoms in total. The summed E-state index contributed by atoms with van der Waals surface area (Å²) < 4.78 is 0. The van der Waals surface area contributed by atoms with Gasteiger partial charge in [-0.3, -0.25) is 0 Å². The van der Waals surface area contributed by atoms with E-state index in [0.29, 0.717) is 11.6 Å². The van der Waals surface area contributed by atoms with E-state index >= 15 is 0 Å². The zero-order valence-electron chi connectivity index (χ0n) is 8.74. The molecule has 15 heavy (non-hydrogen) atoms. The van der Waals surface area contributed by atoms with Crippen molar-refractivity contribution in [3.05, 3.63) is 29.8 Å². The molecule has 0 fully saturated rings. The number of benzene rings is 1. The Kier molecular flexibility index (Phi) is 3.69. The largest absolute Gasteiger partial charge is 0.332 e. The van der Waals surface area contributed by atoms with E-state index in [1.54, 1.807) is 6.19 Å². The summed E-state index contributed by atoms with van der Waals surface area (Å²) in [5.74, 6) is 0.465. The van der Waals surface area contributed by atoms with E-state index in [0.717, 1.165) is 0 Å². The molecule has 0 aliphatic rings. The summed E-state index contributed by atoms with van der Waals surface area (Å²) >= 11 is 0. The standard InChI is InChI=1S/C11H13N3O/c1-8(2)9-3-5-10(6-4-9)14-11(15)13-7-12/h3-6,8H,1-2H3,(H2,13,14,15). The number of anilines is 1. The number of carbonyl (C=O) groups is 1. The summed E-state index contributed by atoms with van der Waals surface area (Å²) in [5.41, 5.74) is 1.88. The quantitative estimate of drug-likeness (QED) is 0.572. The van der Waals surface area contributed by atoms with Gasteiger partial charge >= 0.3 is 6.03 Å². The Morgan fingerprint density at radius 3 is 2.40 bits per heavy atom. The summed E-state index contributed by atoms with van der Waals surface area (Å²) in [4.78, 5) is 11.0. The topological polar surface area (TPSA) is 64.9 Å². The highest BCUT2D eigenvalue weighted by Crippen LogP contribution is 2.16. The van der Waals surface area contributed by atoms with Gasteiger partial charge in [0.25, 0.3) is 0 Å². The van der Waals surface area contributed by atoms with Gasteiger partial charge in [0.05, 0.1) is 0 Å². The third-order valence-corrected chi connectivity index (χ3v) is 2.00. The molecule has 0 atom stereocenters. The number of amides is 2. The van der Waals surface area contributed by atoms with Crippen molar-refractivity contribution in [3.8, 4) is 6.19 Å². The van der Waals surface area contributed by atoms with Gasteiger partial charge in [0.15, 0.2) is 6.19 Å². The fourth-order valence-electron chi connectivity index (χ4n) is 1.16. The molecular formula is C11H13N3O. The van der Waals surface area contributed by atoms with Crippen LogP contribution in [0.15, 0.2) is 24.3 Å². The van der Waals surface area contributed by atoms with Crippen LogP contribution < -0.4 is 10.6 Å². The average Bonchev–Trinajstić information content (AvgIpc) is 2.18. The minimum Gasteiger partial charge on any atom is -0.307 e. The molecule has 1 rings (SSSR count). The van der Waals surface area contributed by atoms with Gasteiger partial charge in [-0.05, 0) is 23.6 Å². The van der Waals surface area contributed by atoms with Gasteiger partial charge in [-0.2, -0.15) is 5.26 Å². The lowest BCUT2D eigenvalue weighted by Crippen LogP contribution is -2.23. The van der Waals surface area contributed by atoms with Crippen LogP contribution in [0.4, 0.5) is 10.5 Å². The SMILES string of the molecule is CC(C)c1ccc(NC(=O)NC#N)cc1. The highest BCUT2D eigenvalue weighted by Gasteiger charge is 2.01. The van der Waals surface area contributed by atoms with Gasteiger partial charge in [-0.1, -0.05) is 26.0 Å². The van der Waals surface area contributed by atoms with Crippen LogP contribution in [-0.4, -0.2) is 6.03 Å². The Hall–Kier alpha value is -2.02. The van der Waals surface area contributed by atoms with Crippen LogP contribution in [0.5, 0.6) is 0 Å². The maximum Gasteiger partial charge on any atom is 0.332 e. The third kappa shape index (κ3) is 3.31. The van der Waals surface area contributed by atoms with Crippen LogP contribution in [-0.2, 0) is 0 Å². The molecule has 0 saturated carbocycles. The Labute approximate surface area is 88.9 Å². The zero-order valence-corrected chi connectivity index (χ0v) is 8.74. The molecule has 1 aromatic rings. The fourth-order valence-corrected chi connectivity index (χ4v) is 1.16. The number of nitriles is 1. The molecular weight excluding hydrogens is 190 g/mol. The van der Waals surface area contributed by atoms with Crippen molar-refractivity contribution >= 4 is 11.7 Å². The van der Waals surface area contributed by atoms with Gasteiger partial charge in [0, 0.05) is 5.69 Å². The number of hydrogen-bond donors (Lipinski definition) is 2. The Morgan fingerprint density at radius 2 is 1.93 bits per heavy atom. The van der Waals surface area contributed by atoms with Crippen LogP contribution in [0.1, 0.15) is 25.3 Å². The van der Waals surface area contributed by atoms with Crippen LogP contribution in [0.25, 0.3) is 0 Å². The summed E-state index contributed by atoms with van der Waals surface area (Å²) in [6.07, 6.45) is 1.56. The average molecular weight is 203 g/mol. The molecule has 1 aromatic carbocycles. The molecule has 0 saturated heterocycles. The van der Waals surface area contributed by atoms with Crippen LogP contribution in [0.2, 0.25) is 0 Å². The minimum absolute atomic E-state index is 0.465. The zero-order chi connectivity index (χ0) is 11.3. The van der Waals surface area contributed by atoms with Crippen molar-refractivity contribution in [1.29, 1.82) is 5.26 Å². The first-order valence-corrected chi connectivity index (χ1v) is 4.69. The maximum absolute atomic E-state index is 11.0. The predicted molar refractivity (Wildman–Crippen MR) is 58.3 cm³/mol. The highest BCUT2D eigenvalue weighted by molar-refractivity contribution is 5.90. The Bertz CT molecular complexity index is 376. The smallest absolute Gasteiger partial charge is 0.307 e. The van der Waals surface area contributed by atoms with Crippen molar-refractivity contribution < 1.29 is 4.79 Å². The monoisotopic (exact) mass is 203 g/mol. The Morgan fingerprint density at radius 1 is 1.33 bits per heavy atom. The lowest BCUT2D eigenvalue weighted by atomic mass is 10.0. The van der Waals surface area contributed by atoms with E-state index in [1.165, 1.54) is 5.56 Å². The molecule has 0 aliphatic heterocycles. The molecule has 0 heterocycles. The van der Waals surface area contributed by atoms with Gasteiger partial charge < -0.3 is 5.32 Å². The summed E-state index contributed by atoms with van der Waals surface area (Å²) in [6, 6.07) is 7.01. The number of urea groups is 1. The van der Waals surface area contributed by atoms with E-state index in [-0.39, 0.29) is 0 Å². The van der Waals surface area contributed by atoms with E-state index in [4.69, 9.17) is 5.26 Å². The van der Waals surface area contributed by atoms with E-state index in [9.17, 15) is 4.79 Å². The lowest BCUT2D eigenvalue weighted by molar-refractivity contribution is 0.255. The molecule has 2 N–H and O–H groups in total. The van der Waals surface area contributed by atoms with Crippen LogP contribution in [0, 0.1) is 11.5 Å². The van der Waals surface area contributed by atoms with Crippen molar-refractivity contribution in [1.82, 2.24) is 5.32 Å². The number of nitrogens with one attached hydrogen (secondary N) is 2. The first-order chi connectivity index (χ1) is 7.13. The summed E-state index contributed by atoms with van der Waals surface area (Å²) in [6.45, 7) is 4.20. The second-order valence-electron chi connectivity index (χ2n) is 3.47. The number of hydrogen-bond acceptors (Lipinski definition) is 2. The molecule has 0 aliphatic carbocycles. The van der Waals surface area contributed by atoms with E-state index < -0.39 is 6.03 Å². The van der Waals surface area contributed by atoms with E-state index in [1.807, 2.05) is 29.6 Å². The molecule has 0 aromatic heterocycles. The van der Waals surface area contributed by atoms with Crippen LogP contribution in [0.3, 0.4) is 0 Å². The second-order valence-corrected chi connectivity index (χ2v) is 3.47. The molecule has 0 unspecified atom stereocenters. The predicted octanol–water partition coefficient (Wildman–Crippen LogP) is 2.41. The maximum atomic E-state index is 11.0. The molecule has 2 amide bonds. The molecule has 4 heteroatoms. The number of nitrogens with zero attached hydrogens (tertiary/aromatic N) is 1. The van der Waals surface area contributed by atoms with Crippen molar-refractivity contribution in [2.24, 2.45) is 0 Å². The number of rotatable bonds is 2. The van der Waals surface area contributed by atoms with E-state index in [2.05, 4.69) is 19.2 Å². The second kappa shape index (κ2) is 5.01. The summed E-state index contributed by atoms with van der Waals surface area (Å²) in [5, 5.41) is 12.7. The first kappa shape index (κ1) is 11.1.